The molecule has 396 valence electrons. The Hall–Kier alpha value is -6.22. The van der Waals surface area contributed by atoms with Crippen molar-refractivity contribution in [3.63, 3.8) is 0 Å². The molecule has 0 radical (unpaired) electrons. The predicted octanol–water partition coefficient (Wildman–Crippen LogP) is 6.81. The van der Waals surface area contributed by atoms with E-state index in [-0.39, 0.29) is 50.6 Å². The van der Waals surface area contributed by atoms with E-state index in [2.05, 4.69) is 72.2 Å². The molecule has 4 aliphatic rings. The molecule has 2 aromatic carbocycles. The van der Waals surface area contributed by atoms with Gasteiger partial charge in [-0.15, -0.1) is 0 Å². The second-order valence-electron chi connectivity index (χ2n) is 22.1. The van der Waals surface area contributed by atoms with Crippen LogP contribution in [0.1, 0.15) is 97.1 Å². The van der Waals surface area contributed by atoms with Gasteiger partial charge >= 0.3 is 5.97 Å². The summed E-state index contributed by atoms with van der Waals surface area (Å²) in [5.74, 6) is -0.949. The zero-order chi connectivity index (χ0) is 53.4. The lowest BCUT2D eigenvalue weighted by Crippen LogP contribution is -2.62. The number of benzene rings is 2. The van der Waals surface area contributed by atoms with Gasteiger partial charge in [-0.05, 0) is 112 Å². The van der Waals surface area contributed by atoms with Crippen molar-refractivity contribution in [1.29, 1.82) is 0 Å². The molecule has 2 aromatic heterocycles. The Morgan fingerprint density at radius 3 is 2.49 bits per heavy atom. The predicted molar refractivity (Wildman–Crippen MR) is 278 cm³/mol. The molecule has 3 saturated heterocycles. The Bertz CT molecular complexity index is 2870. The van der Waals surface area contributed by atoms with Crippen LogP contribution in [0.3, 0.4) is 0 Å². The quantitative estimate of drug-likeness (QED) is 0.135. The van der Waals surface area contributed by atoms with Crippen molar-refractivity contribution in [2.75, 3.05) is 54.0 Å². The number of methoxy groups -OCH3 is 1. The molecular formula is C57H72F2N8O7. The number of esters is 1. The smallest absolute Gasteiger partial charge is 0.324 e. The molecule has 6 bridgehead atoms. The molecule has 2 N–H and O–H groups in total. The van der Waals surface area contributed by atoms with E-state index < -0.39 is 77.6 Å². The molecule has 4 amide bonds. The number of hydrazine groups is 1. The molecule has 6 atom stereocenters. The Labute approximate surface area is 433 Å². The number of hydrogen-bond acceptors (Lipinski definition) is 10. The first-order valence-electron chi connectivity index (χ1n) is 26.0. The molecule has 4 aliphatic heterocycles. The van der Waals surface area contributed by atoms with Crippen molar-refractivity contribution in [3.8, 4) is 34.2 Å². The highest BCUT2D eigenvalue weighted by molar-refractivity contribution is 5.97. The first-order valence-corrected chi connectivity index (χ1v) is 26.0. The van der Waals surface area contributed by atoms with Crippen molar-refractivity contribution >= 4 is 40.5 Å². The largest absolute Gasteiger partial charge is 0.464 e. The van der Waals surface area contributed by atoms with Crippen molar-refractivity contribution in [3.05, 3.63) is 77.6 Å². The van der Waals surface area contributed by atoms with Gasteiger partial charge in [-0.1, -0.05) is 63.9 Å². The van der Waals surface area contributed by atoms with Crippen LogP contribution in [-0.4, -0.2) is 142 Å². The van der Waals surface area contributed by atoms with Crippen molar-refractivity contribution in [1.82, 2.24) is 40.0 Å². The van der Waals surface area contributed by atoms with Crippen molar-refractivity contribution in [2.45, 2.75) is 129 Å². The number of pyridine rings is 1. The maximum Gasteiger partial charge on any atom is 0.324 e. The maximum absolute atomic E-state index is 14.8. The molecule has 74 heavy (non-hydrogen) atoms. The number of carbonyl (C=O) groups excluding carboxylic acids is 5. The lowest BCUT2D eigenvalue weighted by molar-refractivity contribution is -0.155. The van der Waals surface area contributed by atoms with E-state index in [1.807, 2.05) is 51.1 Å². The first-order chi connectivity index (χ1) is 35.0. The summed E-state index contributed by atoms with van der Waals surface area (Å²) in [4.78, 5) is 80.1. The highest BCUT2D eigenvalue weighted by Crippen LogP contribution is 2.42. The maximum atomic E-state index is 14.8. The standard InChI is InChI=1S/C57H72F2N8O7/c1-11-66-46-20-19-39-29-42(46)43(50(66)41-17-13-24-60-48(41)36(4)73-10)30-55(5,6)34-74-54(72)44-18-14-25-67(62-44)53(71)45(28-37-15-12-16-38(39)27-37)61-51(69)49(35(2)3)64(9)52(70)40-22-26-65(31-40)47(68)21-23-56(7)32-57(58,59)33-63(56)8/h12-13,15-17,19-20,24,27,29,35-36,40,44-45,49,62H,11,14,18,22,25-26,28,30-34H2,1-10H3,(H,61,69)/t36-,40?,44-,45-,49-,56+/m0/s1. The number of likely N-dealkylation sites (tertiary alicyclic amines) is 2. The number of likely N-dealkylation sites (N-methyl/N-ethyl adjacent to an activating group) is 1. The van der Waals surface area contributed by atoms with E-state index in [0.717, 1.165) is 50.1 Å². The molecule has 0 aliphatic carbocycles. The highest BCUT2D eigenvalue weighted by Gasteiger charge is 2.50. The number of halogens is 2. The lowest BCUT2D eigenvalue weighted by atomic mass is 9.84. The number of nitrogens with one attached hydrogen (secondary N) is 2. The normalized spacial score (nSPS) is 23.9. The fourth-order valence-electron chi connectivity index (χ4n) is 11.4. The number of hydrogen-bond donors (Lipinski definition) is 2. The van der Waals surface area contributed by atoms with Gasteiger partial charge in [0.25, 0.3) is 17.7 Å². The van der Waals surface area contributed by atoms with Crippen LogP contribution in [0.5, 0.6) is 0 Å². The van der Waals surface area contributed by atoms with Crippen LogP contribution in [-0.2, 0) is 52.8 Å². The Kier molecular flexibility index (Phi) is 15.7. The van der Waals surface area contributed by atoms with Gasteiger partial charge in [0, 0.05) is 81.3 Å². The number of alkyl halides is 2. The molecular weight excluding hydrogens is 947 g/mol. The molecule has 1 unspecified atom stereocenters. The van der Waals surface area contributed by atoms with E-state index in [9.17, 15) is 32.8 Å². The minimum absolute atomic E-state index is 0.0595. The van der Waals surface area contributed by atoms with E-state index in [1.54, 1.807) is 34.3 Å². The number of ether oxygens (including phenoxy) is 2. The van der Waals surface area contributed by atoms with Gasteiger partial charge in [-0.2, -0.15) is 0 Å². The topological polar surface area (TPSA) is 159 Å². The third-order valence-electron chi connectivity index (χ3n) is 15.5. The van der Waals surface area contributed by atoms with E-state index >= 15 is 0 Å². The Morgan fingerprint density at radius 1 is 1.03 bits per heavy atom. The van der Waals surface area contributed by atoms with Gasteiger partial charge in [0.2, 0.25) is 11.8 Å². The second-order valence-corrected chi connectivity index (χ2v) is 22.1. The fraction of sp³-hybridized carbons (Fsp3) is 0.544. The molecule has 0 saturated carbocycles. The summed E-state index contributed by atoms with van der Waals surface area (Å²) < 4.78 is 42.6. The van der Waals surface area contributed by atoms with Crippen LogP contribution in [0, 0.1) is 29.1 Å². The highest BCUT2D eigenvalue weighted by atomic mass is 19.3. The number of aromatic nitrogens is 2. The summed E-state index contributed by atoms with van der Waals surface area (Å²) in [5, 5.41) is 5.51. The number of cyclic esters (lactones) is 1. The molecule has 6 heterocycles. The molecule has 4 aromatic rings. The zero-order valence-electron chi connectivity index (χ0n) is 44.5. The van der Waals surface area contributed by atoms with Crippen LogP contribution in [0.4, 0.5) is 8.78 Å². The van der Waals surface area contributed by atoms with Crippen LogP contribution in [0.25, 0.3) is 33.3 Å². The third kappa shape index (κ3) is 11.2. The van der Waals surface area contributed by atoms with E-state index in [0.29, 0.717) is 32.2 Å². The van der Waals surface area contributed by atoms with Gasteiger partial charge in [0.15, 0.2) is 0 Å². The van der Waals surface area contributed by atoms with Crippen LogP contribution >= 0.6 is 0 Å². The monoisotopic (exact) mass is 1020 g/mol. The summed E-state index contributed by atoms with van der Waals surface area (Å²) in [5.41, 5.74) is 9.06. The second kappa shape index (κ2) is 21.6. The summed E-state index contributed by atoms with van der Waals surface area (Å²) in [6.45, 7) is 14.5. The SMILES string of the molecule is CCn1c(-c2cccnc2[C@H](C)OC)c2c3cc(ccc31)-c1cccc(c1)C[C@H](NC(=O)[C@H](C(C)C)N(C)C(=O)C1CCN(C(=O)C#C[C@]3(C)CC(F)(F)CN3C)C1)C(=O)N1CCC[C@H](N1)C(=O)OCC(C)(C)C2. The Balaban J connectivity index is 1.10. The van der Waals surface area contributed by atoms with Crippen molar-refractivity contribution in [2.24, 2.45) is 17.3 Å². The number of fused-ring (bicyclic) bond motifs is 6. The Morgan fingerprint density at radius 2 is 1.78 bits per heavy atom. The van der Waals surface area contributed by atoms with Gasteiger partial charge in [0.1, 0.15) is 18.1 Å². The fourth-order valence-corrected chi connectivity index (χ4v) is 11.4. The van der Waals surface area contributed by atoms with Gasteiger partial charge in [0.05, 0.1) is 42.1 Å². The van der Waals surface area contributed by atoms with E-state index in [4.69, 9.17) is 14.5 Å². The number of nitrogens with zero attached hydrogens (tertiary/aromatic N) is 6. The van der Waals surface area contributed by atoms with E-state index in [1.165, 1.54) is 19.7 Å². The summed E-state index contributed by atoms with van der Waals surface area (Å²) in [6, 6.07) is 15.5. The lowest BCUT2D eigenvalue weighted by Gasteiger charge is -2.37. The zero-order valence-corrected chi connectivity index (χ0v) is 44.5. The summed E-state index contributed by atoms with van der Waals surface area (Å²) >= 11 is 0. The minimum atomic E-state index is -2.91. The number of carbonyl (C=O) groups is 5. The number of amides is 4. The van der Waals surface area contributed by atoms with Crippen LogP contribution in [0.2, 0.25) is 0 Å². The third-order valence-corrected chi connectivity index (χ3v) is 15.5. The molecule has 17 heteroatoms. The molecule has 8 rings (SSSR count). The summed E-state index contributed by atoms with van der Waals surface area (Å²) in [7, 11) is 4.79. The first kappa shape index (κ1) is 54.1. The van der Waals surface area contributed by atoms with Crippen LogP contribution in [0.15, 0.2) is 60.8 Å². The average Bonchev–Trinajstić information content (AvgIpc) is 4.04. The van der Waals surface area contributed by atoms with Crippen LogP contribution < -0.4 is 10.7 Å². The van der Waals surface area contributed by atoms with Gasteiger partial charge < -0.3 is 29.2 Å². The molecule has 3 fully saturated rings. The molecule has 0 spiro atoms. The van der Waals surface area contributed by atoms with Crippen molar-refractivity contribution < 1.29 is 42.2 Å². The van der Waals surface area contributed by atoms with Gasteiger partial charge in [-0.3, -0.25) is 38.9 Å². The number of aryl methyl sites for hydroxylation is 1. The average molecular weight is 1020 g/mol. The molecule has 15 nitrogen and oxygen atoms in total. The van der Waals surface area contributed by atoms with Gasteiger partial charge in [-0.25, -0.2) is 14.2 Å². The minimum Gasteiger partial charge on any atom is -0.464 e. The summed E-state index contributed by atoms with van der Waals surface area (Å²) in [6.07, 6.45) is 2.97. The number of rotatable bonds is 9.